The molecule has 0 fully saturated rings. The highest BCUT2D eigenvalue weighted by atomic mass is 35.5. The zero-order valence-electron chi connectivity index (χ0n) is 15.1. The first-order valence-electron chi connectivity index (χ1n) is 8.45. The predicted molar refractivity (Wildman–Crippen MR) is 106 cm³/mol. The summed E-state index contributed by atoms with van der Waals surface area (Å²) in [7, 11) is 0. The van der Waals surface area contributed by atoms with E-state index in [0.29, 0.717) is 28.9 Å². The van der Waals surface area contributed by atoms with Crippen LogP contribution in [0.3, 0.4) is 0 Å². The molecule has 0 aliphatic rings. The highest BCUT2D eigenvalue weighted by Gasteiger charge is 2.11. The minimum atomic E-state index is -1.06. The Morgan fingerprint density at radius 1 is 1.07 bits per heavy atom. The Hall–Kier alpha value is -2.70. The van der Waals surface area contributed by atoms with Crippen LogP contribution in [0.1, 0.15) is 16.8 Å². The monoisotopic (exact) mass is 420 g/mol. The van der Waals surface area contributed by atoms with E-state index < -0.39 is 12.6 Å². The van der Waals surface area contributed by atoms with Gasteiger partial charge in [0, 0.05) is 27.4 Å². The summed E-state index contributed by atoms with van der Waals surface area (Å²) < 4.78 is 12.8. The maximum atomic E-state index is 10.6. The lowest BCUT2D eigenvalue weighted by molar-refractivity contribution is -0.139. The van der Waals surface area contributed by atoms with Gasteiger partial charge >= 0.3 is 5.97 Å². The smallest absolute Gasteiger partial charge is 0.341 e. The number of carbonyl (C=O) groups is 1. The molecule has 0 amide bonds. The summed E-state index contributed by atoms with van der Waals surface area (Å²) in [5, 5.41) is 14.3. The van der Waals surface area contributed by atoms with Gasteiger partial charge in [-0.25, -0.2) is 4.79 Å². The van der Waals surface area contributed by atoms with Crippen LogP contribution in [0.15, 0.2) is 48.5 Å². The van der Waals surface area contributed by atoms with Gasteiger partial charge in [0.05, 0.1) is 6.54 Å². The quantitative estimate of drug-likeness (QED) is 0.576. The molecule has 0 unspecified atom stereocenters. The van der Waals surface area contributed by atoms with Crippen LogP contribution in [0.5, 0.6) is 11.6 Å². The lowest BCUT2D eigenvalue weighted by Crippen LogP contribution is -2.10. The van der Waals surface area contributed by atoms with Crippen molar-refractivity contribution in [3.63, 3.8) is 0 Å². The minimum absolute atomic E-state index is 0.255. The number of carboxylic acids is 1. The number of hydrogen-bond donors (Lipinski definition) is 1. The number of aliphatic carboxylic acids is 1. The molecule has 0 bridgehead atoms. The van der Waals surface area contributed by atoms with Crippen LogP contribution in [0, 0.1) is 6.92 Å². The molecule has 6 nitrogen and oxygen atoms in total. The highest BCUT2D eigenvalue weighted by molar-refractivity contribution is 6.30. The molecule has 0 radical (unpaired) electrons. The second kappa shape index (κ2) is 8.99. The second-order valence-corrected chi connectivity index (χ2v) is 7.00. The fourth-order valence-corrected chi connectivity index (χ4v) is 2.88. The molecule has 0 aliphatic carbocycles. The molecule has 3 rings (SSSR count). The van der Waals surface area contributed by atoms with E-state index in [4.69, 9.17) is 37.8 Å². The summed E-state index contributed by atoms with van der Waals surface area (Å²) in [4.78, 5) is 10.6. The molecule has 0 saturated heterocycles. The van der Waals surface area contributed by atoms with E-state index in [9.17, 15) is 4.79 Å². The number of benzene rings is 2. The Morgan fingerprint density at radius 2 is 1.79 bits per heavy atom. The van der Waals surface area contributed by atoms with Crippen molar-refractivity contribution in [3.05, 3.63) is 75.4 Å². The van der Waals surface area contributed by atoms with Gasteiger partial charge in [-0.2, -0.15) is 0 Å². The van der Waals surface area contributed by atoms with Crippen LogP contribution in [-0.2, 0) is 17.9 Å². The van der Waals surface area contributed by atoms with Gasteiger partial charge < -0.3 is 14.6 Å². The van der Waals surface area contributed by atoms with Crippen LogP contribution < -0.4 is 9.47 Å². The Kier molecular flexibility index (Phi) is 6.44. The number of aromatic nitrogens is 2. The van der Waals surface area contributed by atoms with Gasteiger partial charge in [-0.1, -0.05) is 35.3 Å². The molecule has 0 aliphatic heterocycles. The van der Waals surface area contributed by atoms with Crippen LogP contribution in [0.4, 0.5) is 0 Å². The third-order valence-electron chi connectivity index (χ3n) is 3.95. The van der Waals surface area contributed by atoms with E-state index in [1.807, 2.05) is 43.3 Å². The van der Waals surface area contributed by atoms with Crippen molar-refractivity contribution in [2.45, 2.75) is 20.1 Å². The average molecular weight is 421 g/mol. The second-order valence-electron chi connectivity index (χ2n) is 6.13. The Bertz CT molecular complexity index is 971. The Balaban J connectivity index is 1.75. The predicted octanol–water partition coefficient (Wildman–Crippen LogP) is 4.59. The van der Waals surface area contributed by atoms with Gasteiger partial charge in [0.15, 0.2) is 6.61 Å². The van der Waals surface area contributed by atoms with E-state index in [2.05, 4.69) is 5.10 Å². The number of halogens is 2. The molecule has 3 aromatic rings. The third kappa shape index (κ3) is 5.41. The first-order valence-corrected chi connectivity index (χ1v) is 9.21. The molecular formula is C20H18Cl2N2O4. The Labute approximate surface area is 172 Å². The SMILES string of the molecule is Cc1cc(OCC(=O)O)nn1Cc1cc(Cl)ccc1OCc1ccc(Cl)cc1. The number of nitrogens with zero attached hydrogens (tertiary/aromatic N) is 2. The summed E-state index contributed by atoms with van der Waals surface area (Å²) in [6.45, 7) is 2.21. The van der Waals surface area contributed by atoms with Gasteiger partial charge in [0.1, 0.15) is 12.4 Å². The standard InChI is InChI=1S/C20H18Cl2N2O4/c1-13-8-19(28-12-20(25)26)23-24(13)10-15-9-17(22)6-7-18(15)27-11-14-2-4-16(21)5-3-14/h2-9H,10-12H2,1H3,(H,25,26). The normalized spacial score (nSPS) is 10.7. The topological polar surface area (TPSA) is 73.6 Å². The number of ether oxygens (including phenoxy) is 2. The summed E-state index contributed by atoms with van der Waals surface area (Å²) >= 11 is 12.1. The van der Waals surface area contributed by atoms with Gasteiger partial charge in [0.25, 0.3) is 0 Å². The average Bonchev–Trinajstić information content (AvgIpc) is 3.00. The third-order valence-corrected chi connectivity index (χ3v) is 4.44. The van der Waals surface area contributed by atoms with E-state index in [0.717, 1.165) is 16.8 Å². The van der Waals surface area contributed by atoms with E-state index >= 15 is 0 Å². The summed E-state index contributed by atoms with van der Waals surface area (Å²) in [5.41, 5.74) is 2.66. The molecule has 1 N–H and O–H groups in total. The molecule has 8 heteroatoms. The molecule has 146 valence electrons. The first-order chi connectivity index (χ1) is 13.4. The van der Waals surface area contributed by atoms with Crippen molar-refractivity contribution in [3.8, 4) is 11.6 Å². The molecule has 0 atom stereocenters. The van der Waals surface area contributed by atoms with Crippen LogP contribution in [-0.4, -0.2) is 27.5 Å². The summed E-state index contributed by atoms with van der Waals surface area (Å²) in [6.07, 6.45) is 0. The number of hydrogen-bond acceptors (Lipinski definition) is 4. The summed E-state index contributed by atoms with van der Waals surface area (Å²) in [5.74, 6) is -0.118. The number of aryl methyl sites for hydroxylation is 1. The summed E-state index contributed by atoms with van der Waals surface area (Å²) in [6, 6.07) is 14.5. The van der Waals surface area contributed by atoms with E-state index in [1.165, 1.54) is 0 Å². The van der Waals surface area contributed by atoms with Crippen molar-refractivity contribution < 1.29 is 19.4 Å². The maximum absolute atomic E-state index is 10.6. The Morgan fingerprint density at radius 3 is 2.50 bits per heavy atom. The zero-order valence-corrected chi connectivity index (χ0v) is 16.6. The van der Waals surface area contributed by atoms with Crippen molar-refractivity contribution in [1.29, 1.82) is 0 Å². The van der Waals surface area contributed by atoms with Crippen molar-refractivity contribution in [2.24, 2.45) is 0 Å². The lowest BCUT2D eigenvalue weighted by atomic mass is 10.2. The van der Waals surface area contributed by atoms with Gasteiger partial charge in [-0.15, -0.1) is 5.10 Å². The van der Waals surface area contributed by atoms with E-state index in [1.54, 1.807) is 16.8 Å². The number of carboxylic acid groups (broad SMARTS) is 1. The van der Waals surface area contributed by atoms with Gasteiger partial charge in [-0.05, 0) is 42.8 Å². The molecule has 1 heterocycles. The minimum Gasteiger partial charge on any atom is -0.489 e. The fourth-order valence-electron chi connectivity index (χ4n) is 2.56. The molecular weight excluding hydrogens is 403 g/mol. The first kappa shape index (κ1) is 20.0. The van der Waals surface area contributed by atoms with Gasteiger partial charge in [-0.3, -0.25) is 4.68 Å². The van der Waals surface area contributed by atoms with Crippen molar-refractivity contribution >= 4 is 29.2 Å². The van der Waals surface area contributed by atoms with Crippen LogP contribution in [0.25, 0.3) is 0 Å². The largest absolute Gasteiger partial charge is 0.489 e. The zero-order chi connectivity index (χ0) is 20.1. The van der Waals surface area contributed by atoms with Crippen LogP contribution >= 0.6 is 23.2 Å². The van der Waals surface area contributed by atoms with Crippen LogP contribution in [0.2, 0.25) is 10.0 Å². The molecule has 0 saturated carbocycles. The van der Waals surface area contributed by atoms with Crippen molar-refractivity contribution in [1.82, 2.24) is 9.78 Å². The molecule has 0 spiro atoms. The maximum Gasteiger partial charge on any atom is 0.341 e. The fraction of sp³-hybridized carbons (Fsp3) is 0.200. The molecule has 2 aromatic carbocycles. The van der Waals surface area contributed by atoms with Crippen molar-refractivity contribution in [2.75, 3.05) is 6.61 Å². The number of rotatable bonds is 8. The van der Waals surface area contributed by atoms with Gasteiger partial charge in [0.2, 0.25) is 5.88 Å². The molecule has 1 aromatic heterocycles. The van der Waals surface area contributed by atoms with E-state index in [-0.39, 0.29) is 5.88 Å². The highest BCUT2D eigenvalue weighted by Crippen LogP contribution is 2.26. The molecule has 28 heavy (non-hydrogen) atoms. The lowest BCUT2D eigenvalue weighted by Gasteiger charge is -2.13.